The van der Waals surface area contributed by atoms with Gasteiger partial charge in [0.1, 0.15) is 5.75 Å². The summed E-state index contributed by atoms with van der Waals surface area (Å²) in [6.07, 6.45) is 1.64. The van der Waals surface area contributed by atoms with Crippen LogP contribution in [0, 0.1) is 0 Å². The lowest BCUT2D eigenvalue weighted by Gasteiger charge is -2.15. The second-order valence-electron chi connectivity index (χ2n) is 5.64. The summed E-state index contributed by atoms with van der Waals surface area (Å²) in [6, 6.07) is 6.67. The van der Waals surface area contributed by atoms with Gasteiger partial charge in [0.15, 0.2) is 17.5 Å². The summed E-state index contributed by atoms with van der Waals surface area (Å²) >= 11 is 0. The lowest BCUT2D eigenvalue weighted by atomic mass is 10.1. The Morgan fingerprint density at radius 3 is 2.55 bits per heavy atom. The maximum atomic E-state index is 12.7. The van der Waals surface area contributed by atoms with Crippen molar-refractivity contribution in [3.63, 3.8) is 0 Å². The zero-order valence-electron chi connectivity index (χ0n) is 15.8. The van der Waals surface area contributed by atoms with Crippen molar-refractivity contribution in [1.82, 2.24) is 15.6 Å². The number of rotatable bonds is 7. The lowest BCUT2D eigenvalue weighted by molar-refractivity contribution is -0.0505. The third-order valence-electron chi connectivity index (χ3n) is 3.93. The fraction of sp³-hybridized carbons (Fsp3) is 0.333. The number of halogens is 3. The van der Waals surface area contributed by atoms with Crippen LogP contribution in [0.25, 0.3) is 0 Å². The molecule has 0 atom stereocenters. The van der Waals surface area contributed by atoms with E-state index in [1.165, 1.54) is 6.07 Å². The van der Waals surface area contributed by atoms with Crippen LogP contribution < -0.4 is 29.6 Å². The molecule has 0 saturated heterocycles. The molecule has 0 fully saturated rings. The minimum absolute atomic E-state index is 0. The molecule has 0 amide bonds. The molecular weight excluding hydrogens is 501 g/mol. The van der Waals surface area contributed by atoms with Gasteiger partial charge in [-0.1, -0.05) is 6.07 Å². The summed E-state index contributed by atoms with van der Waals surface area (Å²) in [5.74, 6) is 1.82. The Kier molecular flexibility index (Phi) is 8.49. The normalized spacial score (nSPS) is 12.4. The summed E-state index contributed by atoms with van der Waals surface area (Å²) in [5.41, 5.74) is 1.32. The summed E-state index contributed by atoms with van der Waals surface area (Å²) in [5, 5.41) is 6.17. The Labute approximate surface area is 183 Å². The number of benzene rings is 1. The Morgan fingerprint density at radius 1 is 1.21 bits per heavy atom. The molecule has 2 N–H and O–H groups in total. The molecule has 2 aromatic rings. The summed E-state index contributed by atoms with van der Waals surface area (Å²) < 4.78 is 45.8. The zero-order valence-corrected chi connectivity index (χ0v) is 18.1. The van der Waals surface area contributed by atoms with Crippen LogP contribution in [0.4, 0.5) is 8.78 Å². The van der Waals surface area contributed by atoms with Crippen LogP contribution in [0.15, 0.2) is 35.5 Å². The number of alkyl halides is 2. The minimum atomic E-state index is -2.95. The quantitative estimate of drug-likeness (QED) is 0.329. The van der Waals surface area contributed by atoms with Gasteiger partial charge in [-0.05, 0) is 12.1 Å². The molecule has 1 aliphatic rings. The summed E-state index contributed by atoms with van der Waals surface area (Å²) in [7, 11) is 3.15. The molecule has 1 aromatic carbocycles. The highest BCUT2D eigenvalue weighted by molar-refractivity contribution is 14.0. The number of fused-ring (bicyclic) bond motifs is 1. The lowest BCUT2D eigenvalue weighted by Crippen LogP contribution is -2.36. The van der Waals surface area contributed by atoms with Gasteiger partial charge in [0, 0.05) is 43.5 Å². The number of aliphatic imine (C=N–C) groups is 1. The van der Waals surface area contributed by atoms with E-state index >= 15 is 0 Å². The van der Waals surface area contributed by atoms with Crippen molar-refractivity contribution in [1.29, 1.82) is 0 Å². The molecule has 8 nitrogen and oxygen atoms in total. The van der Waals surface area contributed by atoms with E-state index in [2.05, 4.69) is 25.3 Å². The average Bonchev–Trinajstić information content (AvgIpc) is 3.15. The molecule has 2 heterocycles. The van der Waals surface area contributed by atoms with Crippen LogP contribution in [-0.4, -0.2) is 38.5 Å². The van der Waals surface area contributed by atoms with E-state index in [1.54, 1.807) is 32.5 Å². The number of ether oxygens (including phenoxy) is 4. The Hall–Kier alpha value is -2.57. The van der Waals surface area contributed by atoms with Crippen molar-refractivity contribution in [2.24, 2.45) is 4.99 Å². The number of methoxy groups -OCH3 is 1. The SMILES string of the molecule is CN=C(NCc1cc2c(cc1OC(F)F)OCO2)NCc1cccnc1OC.I. The Balaban J connectivity index is 0.00000300. The third-order valence-corrected chi connectivity index (χ3v) is 3.93. The van der Waals surface area contributed by atoms with Crippen LogP contribution >= 0.6 is 24.0 Å². The highest BCUT2D eigenvalue weighted by Gasteiger charge is 2.20. The average molecular weight is 522 g/mol. The molecule has 0 saturated carbocycles. The maximum absolute atomic E-state index is 12.7. The second kappa shape index (κ2) is 10.8. The standard InChI is InChI=1S/C18H20F2N4O4.HI/c1-21-18(23-8-11-4-3-5-22-16(11)25-2)24-9-12-6-14-15(27-10-26-14)7-13(12)28-17(19)20;/h3-7,17H,8-10H2,1-2H3,(H2,21,23,24);1H. The van der Waals surface area contributed by atoms with Gasteiger partial charge in [-0.2, -0.15) is 8.78 Å². The van der Waals surface area contributed by atoms with Crippen LogP contribution in [0.3, 0.4) is 0 Å². The molecule has 158 valence electrons. The predicted molar refractivity (Wildman–Crippen MR) is 112 cm³/mol. The fourth-order valence-electron chi connectivity index (χ4n) is 2.63. The third kappa shape index (κ3) is 5.95. The number of hydrogen-bond donors (Lipinski definition) is 2. The largest absolute Gasteiger partial charge is 0.481 e. The number of pyridine rings is 1. The van der Waals surface area contributed by atoms with E-state index in [1.807, 2.05) is 6.07 Å². The molecule has 0 spiro atoms. The van der Waals surface area contributed by atoms with Crippen molar-refractivity contribution in [3.8, 4) is 23.1 Å². The smallest absolute Gasteiger partial charge is 0.387 e. The summed E-state index contributed by atoms with van der Waals surface area (Å²) in [4.78, 5) is 8.26. The van der Waals surface area contributed by atoms with Crippen LogP contribution in [0.5, 0.6) is 23.1 Å². The second-order valence-corrected chi connectivity index (χ2v) is 5.64. The molecular formula is C18H21F2IN4O4. The topological polar surface area (TPSA) is 86.2 Å². The van der Waals surface area contributed by atoms with E-state index in [0.717, 1.165) is 5.56 Å². The monoisotopic (exact) mass is 522 g/mol. The van der Waals surface area contributed by atoms with Crippen molar-refractivity contribution >= 4 is 29.9 Å². The molecule has 0 bridgehead atoms. The predicted octanol–water partition coefficient (Wildman–Crippen LogP) is 2.90. The fourth-order valence-corrected chi connectivity index (χ4v) is 2.63. The van der Waals surface area contributed by atoms with Gasteiger partial charge in [-0.15, -0.1) is 24.0 Å². The molecule has 1 aromatic heterocycles. The van der Waals surface area contributed by atoms with Gasteiger partial charge in [0.25, 0.3) is 0 Å². The van der Waals surface area contributed by atoms with Gasteiger partial charge in [0.2, 0.25) is 12.7 Å². The van der Waals surface area contributed by atoms with Crippen LogP contribution in [-0.2, 0) is 13.1 Å². The Morgan fingerprint density at radius 2 is 1.90 bits per heavy atom. The minimum Gasteiger partial charge on any atom is -0.481 e. The van der Waals surface area contributed by atoms with E-state index < -0.39 is 6.61 Å². The maximum Gasteiger partial charge on any atom is 0.387 e. The van der Waals surface area contributed by atoms with Crippen molar-refractivity contribution in [2.75, 3.05) is 21.0 Å². The first-order chi connectivity index (χ1) is 13.6. The van der Waals surface area contributed by atoms with Gasteiger partial charge >= 0.3 is 6.61 Å². The number of nitrogens with zero attached hydrogens (tertiary/aromatic N) is 2. The van der Waals surface area contributed by atoms with Gasteiger partial charge in [0.05, 0.1) is 7.11 Å². The van der Waals surface area contributed by atoms with Crippen molar-refractivity contribution < 1.29 is 27.7 Å². The van der Waals surface area contributed by atoms with E-state index in [-0.39, 0.29) is 43.1 Å². The van der Waals surface area contributed by atoms with E-state index in [4.69, 9.17) is 14.2 Å². The molecule has 0 aliphatic carbocycles. The molecule has 0 radical (unpaired) electrons. The van der Waals surface area contributed by atoms with Gasteiger partial charge in [-0.3, -0.25) is 4.99 Å². The van der Waals surface area contributed by atoms with Crippen molar-refractivity contribution in [2.45, 2.75) is 19.7 Å². The first-order valence-electron chi connectivity index (χ1n) is 8.40. The van der Waals surface area contributed by atoms with E-state index in [0.29, 0.717) is 35.4 Å². The highest BCUT2D eigenvalue weighted by Crippen LogP contribution is 2.38. The van der Waals surface area contributed by atoms with E-state index in [9.17, 15) is 8.78 Å². The number of hydrogen-bond acceptors (Lipinski definition) is 6. The zero-order chi connectivity index (χ0) is 19.9. The highest BCUT2D eigenvalue weighted by atomic mass is 127. The molecule has 11 heteroatoms. The molecule has 3 rings (SSSR count). The van der Waals surface area contributed by atoms with Gasteiger partial charge < -0.3 is 29.6 Å². The van der Waals surface area contributed by atoms with Gasteiger partial charge in [-0.25, -0.2) is 4.98 Å². The summed E-state index contributed by atoms with van der Waals surface area (Å²) in [6.45, 7) is -2.31. The van der Waals surface area contributed by atoms with Crippen LogP contribution in [0.2, 0.25) is 0 Å². The molecule has 1 aliphatic heterocycles. The molecule has 0 unspecified atom stereocenters. The number of guanidine groups is 1. The first kappa shape index (κ1) is 22.7. The first-order valence-corrected chi connectivity index (χ1v) is 8.40. The number of nitrogens with one attached hydrogen (secondary N) is 2. The number of aromatic nitrogens is 1. The van der Waals surface area contributed by atoms with Crippen molar-refractivity contribution in [3.05, 3.63) is 41.6 Å². The van der Waals surface area contributed by atoms with Crippen LogP contribution in [0.1, 0.15) is 11.1 Å². The molecule has 29 heavy (non-hydrogen) atoms. The Bertz CT molecular complexity index is 855.